The summed E-state index contributed by atoms with van der Waals surface area (Å²) in [6.45, 7) is 2.29. The van der Waals surface area contributed by atoms with Crippen LogP contribution in [0.1, 0.15) is 40.3 Å². The van der Waals surface area contributed by atoms with Crippen molar-refractivity contribution in [3.8, 4) is 0 Å². The minimum absolute atomic E-state index is 0.217. The lowest BCUT2D eigenvalue weighted by Gasteiger charge is -2.20. The van der Waals surface area contributed by atoms with Gasteiger partial charge in [0.05, 0.1) is 0 Å². The lowest BCUT2D eigenvalue weighted by molar-refractivity contribution is 0.0954. The number of thioether (sulfide) groups is 1. The van der Waals surface area contributed by atoms with Crippen LogP contribution in [-0.4, -0.2) is 38.0 Å². The third-order valence-electron chi connectivity index (χ3n) is 4.18. The van der Waals surface area contributed by atoms with Crippen LogP contribution in [-0.2, 0) is 19.9 Å². The van der Waals surface area contributed by atoms with Gasteiger partial charge in [-0.05, 0) is 44.2 Å². The largest absolute Gasteiger partial charge is 0.351 e. The van der Waals surface area contributed by atoms with E-state index in [0.717, 1.165) is 42.8 Å². The summed E-state index contributed by atoms with van der Waals surface area (Å²) in [6, 6.07) is 1.78. The summed E-state index contributed by atoms with van der Waals surface area (Å²) in [6.07, 6.45) is 4.06. The fourth-order valence-corrected chi connectivity index (χ4v) is 3.64. The van der Waals surface area contributed by atoms with Crippen LogP contribution in [0.3, 0.4) is 0 Å². The molecule has 7 nitrogen and oxygen atoms in total. The number of H-pyrrole nitrogens is 1. The highest BCUT2D eigenvalue weighted by Gasteiger charge is 2.19. The molecule has 0 saturated heterocycles. The summed E-state index contributed by atoms with van der Waals surface area (Å²) >= 11 is 1.46. The zero-order chi connectivity index (χ0) is 17.1. The molecule has 3 rings (SSSR count). The van der Waals surface area contributed by atoms with E-state index in [0.29, 0.717) is 17.5 Å². The smallest absolute Gasteiger partial charge is 0.263 e. The molecular weight excluding hydrogens is 326 g/mol. The van der Waals surface area contributed by atoms with Crippen molar-refractivity contribution in [1.82, 2.24) is 25.1 Å². The van der Waals surface area contributed by atoms with E-state index in [1.807, 2.05) is 6.92 Å². The summed E-state index contributed by atoms with van der Waals surface area (Å²) in [5, 5.41) is 10.3. The molecule has 0 bridgehead atoms. The Morgan fingerprint density at radius 3 is 2.96 bits per heavy atom. The lowest BCUT2D eigenvalue weighted by Crippen LogP contribution is -2.35. The van der Waals surface area contributed by atoms with Gasteiger partial charge in [0, 0.05) is 25.0 Å². The molecule has 128 valence electrons. The Balaban J connectivity index is 1.62. The van der Waals surface area contributed by atoms with E-state index in [9.17, 15) is 9.59 Å². The van der Waals surface area contributed by atoms with Gasteiger partial charge >= 0.3 is 0 Å². The number of fused-ring (bicyclic) bond motifs is 1. The number of aromatic amines is 1. The molecule has 2 N–H and O–H groups in total. The number of nitrogens with one attached hydrogen (secondary N) is 2. The van der Waals surface area contributed by atoms with Crippen molar-refractivity contribution in [2.75, 3.05) is 12.3 Å². The second-order valence-corrected chi connectivity index (χ2v) is 6.97. The van der Waals surface area contributed by atoms with Crippen LogP contribution in [0.4, 0.5) is 0 Å². The number of carbonyl (C=O) groups excluding carboxylic acids is 1. The number of aryl methyl sites for hydroxylation is 2. The van der Waals surface area contributed by atoms with Crippen LogP contribution in [0, 0.1) is 6.92 Å². The third-order valence-corrected chi connectivity index (χ3v) is 5.03. The quantitative estimate of drug-likeness (QED) is 0.626. The van der Waals surface area contributed by atoms with E-state index in [-0.39, 0.29) is 17.0 Å². The molecule has 0 atom stereocenters. The molecule has 0 fully saturated rings. The van der Waals surface area contributed by atoms with E-state index in [1.54, 1.807) is 17.7 Å². The van der Waals surface area contributed by atoms with Crippen LogP contribution in [0.2, 0.25) is 0 Å². The molecule has 1 amide bonds. The molecule has 0 aliphatic heterocycles. The number of hydrogen-bond donors (Lipinski definition) is 2. The highest BCUT2D eigenvalue weighted by atomic mass is 32.2. The van der Waals surface area contributed by atoms with Crippen molar-refractivity contribution in [3.63, 3.8) is 0 Å². The summed E-state index contributed by atoms with van der Waals surface area (Å²) in [5.41, 5.74) is 2.21. The Hall–Kier alpha value is -2.09. The standard InChI is InChI=1S/C16H21N5O2S/c1-10-18-16(20-19-10)24-8-7-17-14(22)12-9-11-5-3-4-6-13(11)21(2)15(12)23/h9H,3-8H2,1-2H3,(H,17,22)(H,18,19,20). The van der Waals surface area contributed by atoms with Crippen molar-refractivity contribution in [2.24, 2.45) is 7.05 Å². The van der Waals surface area contributed by atoms with Crippen molar-refractivity contribution >= 4 is 17.7 Å². The molecular formula is C16H21N5O2S. The zero-order valence-corrected chi connectivity index (χ0v) is 14.7. The van der Waals surface area contributed by atoms with E-state index in [1.165, 1.54) is 11.8 Å². The fraction of sp³-hybridized carbons (Fsp3) is 0.500. The van der Waals surface area contributed by atoms with Crippen molar-refractivity contribution in [1.29, 1.82) is 0 Å². The molecule has 0 saturated carbocycles. The summed E-state index contributed by atoms with van der Waals surface area (Å²) in [4.78, 5) is 28.9. The van der Waals surface area contributed by atoms with Crippen LogP contribution in [0.5, 0.6) is 0 Å². The Labute approximate surface area is 144 Å². The van der Waals surface area contributed by atoms with Gasteiger partial charge in [-0.15, -0.1) is 5.10 Å². The molecule has 2 aromatic rings. The summed E-state index contributed by atoms with van der Waals surface area (Å²) in [5.74, 6) is 1.10. The highest BCUT2D eigenvalue weighted by molar-refractivity contribution is 7.99. The van der Waals surface area contributed by atoms with Gasteiger partial charge in [-0.2, -0.15) is 0 Å². The number of nitrogens with zero attached hydrogens (tertiary/aromatic N) is 3. The molecule has 0 aromatic carbocycles. The van der Waals surface area contributed by atoms with Gasteiger partial charge in [0.1, 0.15) is 11.4 Å². The molecule has 0 radical (unpaired) electrons. The summed E-state index contributed by atoms with van der Waals surface area (Å²) in [7, 11) is 1.75. The first-order valence-electron chi connectivity index (χ1n) is 8.08. The minimum atomic E-state index is -0.309. The molecule has 8 heteroatoms. The maximum absolute atomic E-state index is 12.4. The van der Waals surface area contributed by atoms with Crippen LogP contribution >= 0.6 is 11.8 Å². The fourth-order valence-electron chi connectivity index (χ4n) is 2.94. The zero-order valence-electron chi connectivity index (χ0n) is 13.9. The predicted octanol–water partition coefficient (Wildman–Crippen LogP) is 1.21. The number of aromatic nitrogens is 4. The Kier molecular flexibility index (Phi) is 5.03. The SMILES string of the molecule is Cc1nc(SCCNC(=O)c2cc3c(n(C)c2=O)CCCC3)n[nH]1. The van der Waals surface area contributed by atoms with E-state index >= 15 is 0 Å². The highest BCUT2D eigenvalue weighted by Crippen LogP contribution is 2.20. The van der Waals surface area contributed by atoms with Gasteiger partial charge in [-0.25, -0.2) is 4.98 Å². The Bertz CT molecular complexity index is 811. The minimum Gasteiger partial charge on any atom is -0.351 e. The molecule has 2 aromatic heterocycles. The van der Waals surface area contributed by atoms with E-state index in [2.05, 4.69) is 20.5 Å². The second kappa shape index (κ2) is 7.21. The van der Waals surface area contributed by atoms with E-state index < -0.39 is 0 Å². The van der Waals surface area contributed by atoms with Crippen molar-refractivity contribution in [3.05, 3.63) is 39.1 Å². The first kappa shape index (κ1) is 16.8. The monoisotopic (exact) mass is 347 g/mol. The maximum atomic E-state index is 12.4. The Morgan fingerprint density at radius 1 is 1.42 bits per heavy atom. The topological polar surface area (TPSA) is 92.7 Å². The maximum Gasteiger partial charge on any atom is 0.263 e. The number of pyridine rings is 1. The van der Waals surface area contributed by atoms with Crippen LogP contribution < -0.4 is 10.9 Å². The normalized spacial score (nSPS) is 13.6. The van der Waals surface area contributed by atoms with Gasteiger partial charge in [0.15, 0.2) is 0 Å². The Morgan fingerprint density at radius 2 is 2.21 bits per heavy atom. The number of carbonyl (C=O) groups is 1. The van der Waals surface area contributed by atoms with Gasteiger partial charge in [-0.1, -0.05) is 11.8 Å². The van der Waals surface area contributed by atoms with Gasteiger partial charge in [0.25, 0.3) is 11.5 Å². The first-order chi connectivity index (χ1) is 11.6. The molecule has 0 spiro atoms. The van der Waals surface area contributed by atoms with Gasteiger partial charge in [0.2, 0.25) is 5.16 Å². The molecule has 1 aliphatic rings. The summed E-state index contributed by atoms with van der Waals surface area (Å²) < 4.78 is 1.63. The van der Waals surface area contributed by atoms with Gasteiger partial charge in [-0.3, -0.25) is 14.7 Å². The van der Waals surface area contributed by atoms with Crippen molar-refractivity contribution < 1.29 is 4.79 Å². The van der Waals surface area contributed by atoms with Crippen LogP contribution in [0.15, 0.2) is 16.0 Å². The first-order valence-corrected chi connectivity index (χ1v) is 9.06. The molecule has 24 heavy (non-hydrogen) atoms. The van der Waals surface area contributed by atoms with E-state index in [4.69, 9.17) is 0 Å². The average molecular weight is 347 g/mol. The molecule has 1 aliphatic carbocycles. The molecule has 2 heterocycles. The third kappa shape index (κ3) is 3.53. The average Bonchev–Trinajstić information content (AvgIpc) is 3.00. The number of rotatable bonds is 5. The van der Waals surface area contributed by atoms with Gasteiger partial charge < -0.3 is 9.88 Å². The van der Waals surface area contributed by atoms with Crippen LogP contribution in [0.25, 0.3) is 0 Å². The predicted molar refractivity (Wildman–Crippen MR) is 92.5 cm³/mol. The lowest BCUT2D eigenvalue weighted by atomic mass is 9.94. The number of amides is 1. The second-order valence-electron chi connectivity index (χ2n) is 5.91. The van der Waals surface area contributed by atoms with Crippen molar-refractivity contribution in [2.45, 2.75) is 37.8 Å². The molecule has 0 unspecified atom stereocenters. The number of hydrogen-bond acceptors (Lipinski definition) is 5.